The van der Waals surface area contributed by atoms with Crippen LogP contribution in [-0.2, 0) is 17.2 Å². The van der Waals surface area contributed by atoms with Crippen molar-refractivity contribution in [2.75, 3.05) is 17.7 Å². The number of carbonyl (C=O) groups is 1. The molecule has 240 valence electrons. The number of benzene rings is 4. The molecule has 2 heterocycles. The Labute approximate surface area is 291 Å². The van der Waals surface area contributed by atoms with Crippen LogP contribution in [0.5, 0.6) is 11.5 Å². The first-order valence-electron chi connectivity index (χ1n) is 14.9. The molecule has 1 unspecified atom stereocenters. The summed E-state index contributed by atoms with van der Waals surface area (Å²) in [6, 6.07) is 26.8. The van der Waals surface area contributed by atoms with E-state index in [-0.39, 0.29) is 5.91 Å². The van der Waals surface area contributed by atoms with Gasteiger partial charge in [-0.3, -0.25) is 4.79 Å². The van der Waals surface area contributed by atoms with E-state index in [1.165, 1.54) is 17.3 Å². The number of ether oxygens (including phenoxy) is 2. The van der Waals surface area contributed by atoms with E-state index in [4.69, 9.17) is 31.2 Å². The van der Waals surface area contributed by atoms with Crippen LogP contribution in [0, 0.1) is 13.8 Å². The molecule has 1 atom stereocenters. The standard InChI is InChI=1S/C36H33BrClN5O3S/c1-21-12-14-24(15-13-21)19-46-33-28(37)17-26(18-30(33)45-4)32-31(34(44)40-27-10-7-8-22(2)16-27)23(3)39-35-41-36(42-43(32)35)47-20-25-9-5-6-11-29(25)38/h5-18,32H,19-20H2,1-4H3,(H,40,44)(H,39,41,42). The van der Waals surface area contributed by atoms with Crippen LogP contribution in [0.25, 0.3) is 0 Å². The number of halogens is 2. The fourth-order valence-electron chi connectivity index (χ4n) is 5.35. The van der Waals surface area contributed by atoms with Crippen LogP contribution in [0.1, 0.15) is 40.8 Å². The summed E-state index contributed by atoms with van der Waals surface area (Å²) >= 11 is 11.6. The van der Waals surface area contributed by atoms with Gasteiger partial charge in [-0.2, -0.15) is 4.98 Å². The summed E-state index contributed by atoms with van der Waals surface area (Å²) in [6.45, 7) is 6.28. The van der Waals surface area contributed by atoms with E-state index in [1.54, 1.807) is 11.8 Å². The summed E-state index contributed by atoms with van der Waals surface area (Å²) < 4.78 is 14.5. The molecule has 0 saturated heterocycles. The topological polar surface area (TPSA) is 90.3 Å². The third-order valence-electron chi connectivity index (χ3n) is 7.74. The van der Waals surface area contributed by atoms with Gasteiger partial charge in [-0.05, 0) is 89.3 Å². The summed E-state index contributed by atoms with van der Waals surface area (Å²) in [5.74, 6) is 1.94. The van der Waals surface area contributed by atoms with E-state index < -0.39 is 6.04 Å². The van der Waals surface area contributed by atoms with Crippen LogP contribution in [0.15, 0.2) is 106 Å². The molecule has 1 aromatic heterocycles. The quantitative estimate of drug-likeness (QED) is 0.139. The molecule has 47 heavy (non-hydrogen) atoms. The zero-order valence-electron chi connectivity index (χ0n) is 26.3. The fraction of sp³-hybridized carbons (Fsp3) is 0.194. The van der Waals surface area contributed by atoms with Crippen molar-refractivity contribution in [2.24, 2.45) is 0 Å². The minimum atomic E-state index is -0.630. The Morgan fingerprint density at radius 1 is 1.02 bits per heavy atom. The molecule has 0 aliphatic carbocycles. The van der Waals surface area contributed by atoms with Crippen molar-refractivity contribution in [2.45, 2.75) is 44.3 Å². The number of hydrogen-bond donors (Lipinski definition) is 2. The number of rotatable bonds is 10. The minimum Gasteiger partial charge on any atom is -0.493 e. The van der Waals surface area contributed by atoms with E-state index in [1.807, 2.05) is 86.6 Å². The van der Waals surface area contributed by atoms with Crippen molar-refractivity contribution >= 4 is 56.8 Å². The van der Waals surface area contributed by atoms with Crippen molar-refractivity contribution in [3.8, 4) is 11.5 Å². The molecule has 0 spiro atoms. The average molecular weight is 731 g/mol. The van der Waals surface area contributed by atoms with E-state index in [0.717, 1.165) is 22.3 Å². The number of aromatic nitrogens is 3. The largest absolute Gasteiger partial charge is 0.493 e. The average Bonchev–Trinajstić information content (AvgIpc) is 3.45. The lowest BCUT2D eigenvalue weighted by atomic mass is 9.94. The van der Waals surface area contributed by atoms with Gasteiger partial charge >= 0.3 is 0 Å². The van der Waals surface area contributed by atoms with Gasteiger partial charge in [0.25, 0.3) is 5.91 Å². The lowest BCUT2D eigenvalue weighted by Gasteiger charge is -2.29. The number of fused-ring (bicyclic) bond motifs is 1. The molecular formula is C36H33BrClN5O3S. The Bertz CT molecular complexity index is 1980. The predicted octanol–water partition coefficient (Wildman–Crippen LogP) is 9.12. The summed E-state index contributed by atoms with van der Waals surface area (Å²) in [6.07, 6.45) is 0. The Kier molecular flexibility index (Phi) is 9.91. The number of anilines is 2. The van der Waals surface area contributed by atoms with Gasteiger partial charge in [0.15, 0.2) is 11.5 Å². The number of amides is 1. The molecular weight excluding hydrogens is 698 g/mol. The van der Waals surface area contributed by atoms with Crippen molar-refractivity contribution in [1.29, 1.82) is 0 Å². The van der Waals surface area contributed by atoms with Gasteiger partial charge < -0.3 is 20.1 Å². The highest BCUT2D eigenvalue weighted by Gasteiger charge is 2.35. The fourth-order valence-corrected chi connectivity index (χ4v) is 7.04. The van der Waals surface area contributed by atoms with Crippen molar-refractivity contribution < 1.29 is 14.3 Å². The number of nitrogens with one attached hydrogen (secondary N) is 2. The zero-order chi connectivity index (χ0) is 33.1. The van der Waals surface area contributed by atoms with E-state index in [0.29, 0.717) is 61.4 Å². The van der Waals surface area contributed by atoms with Crippen LogP contribution >= 0.6 is 39.3 Å². The Hall–Kier alpha value is -4.25. The SMILES string of the molecule is COc1cc(C2C(C(=O)Nc3cccc(C)c3)=C(C)Nc3nc(SCc4ccccc4Cl)nn32)cc(Br)c1OCc1ccc(C)cc1. The summed E-state index contributed by atoms with van der Waals surface area (Å²) in [4.78, 5) is 18.9. The van der Waals surface area contributed by atoms with Gasteiger partial charge in [-0.15, -0.1) is 5.10 Å². The van der Waals surface area contributed by atoms with Gasteiger partial charge in [0.1, 0.15) is 12.6 Å². The van der Waals surface area contributed by atoms with Gasteiger partial charge in [0, 0.05) is 22.2 Å². The maximum Gasteiger partial charge on any atom is 0.255 e. The second-order valence-electron chi connectivity index (χ2n) is 11.2. The number of nitrogens with zero attached hydrogens (tertiary/aromatic N) is 3. The second-order valence-corrected chi connectivity index (χ2v) is 13.4. The lowest BCUT2D eigenvalue weighted by Crippen LogP contribution is -2.31. The van der Waals surface area contributed by atoms with Crippen molar-refractivity contribution in [1.82, 2.24) is 14.8 Å². The molecule has 5 aromatic rings. The highest BCUT2D eigenvalue weighted by atomic mass is 79.9. The molecule has 1 aliphatic heterocycles. The maximum atomic E-state index is 14.1. The second kappa shape index (κ2) is 14.3. The van der Waals surface area contributed by atoms with E-state index in [2.05, 4.69) is 45.6 Å². The predicted molar refractivity (Wildman–Crippen MR) is 192 cm³/mol. The number of aryl methyl sites for hydroxylation is 2. The highest BCUT2D eigenvalue weighted by Crippen LogP contribution is 2.43. The monoisotopic (exact) mass is 729 g/mol. The van der Waals surface area contributed by atoms with E-state index >= 15 is 0 Å². The van der Waals surface area contributed by atoms with Crippen LogP contribution in [-0.4, -0.2) is 27.8 Å². The molecule has 4 aromatic carbocycles. The summed E-state index contributed by atoms with van der Waals surface area (Å²) in [5, 5.41) is 12.5. The number of hydrogen-bond acceptors (Lipinski definition) is 7. The van der Waals surface area contributed by atoms with Crippen LogP contribution in [0.2, 0.25) is 5.02 Å². The Morgan fingerprint density at radius 3 is 2.55 bits per heavy atom. The molecule has 0 radical (unpaired) electrons. The lowest BCUT2D eigenvalue weighted by molar-refractivity contribution is -0.113. The molecule has 2 N–H and O–H groups in total. The zero-order valence-corrected chi connectivity index (χ0v) is 29.5. The number of methoxy groups -OCH3 is 1. The smallest absolute Gasteiger partial charge is 0.255 e. The molecule has 1 amide bonds. The maximum absolute atomic E-state index is 14.1. The van der Waals surface area contributed by atoms with Gasteiger partial charge in [-0.1, -0.05) is 83.5 Å². The van der Waals surface area contributed by atoms with Crippen LogP contribution in [0.4, 0.5) is 11.6 Å². The molecule has 11 heteroatoms. The first kappa shape index (κ1) is 32.7. The molecule has 8 nitrogen and oxygen atoms in total. The first-order chi connectivity index (χ1) is 22.7. The summed E-state index contributed by atoms with van der Waals surface area (Å²) in [5.41, 5.74) is 6.87. The van der Waals surface area contributed by atoms with Crippen LogP contribution < -0.4 is 20.1 Å². The molecule has 0 fully saturated rings. The van der Waals surface area contributed by atoms with Gasteiger partial charge in [0.2, 0.25) is 11.1 Å². The minimum absolute atomic E-state index is 0.258. The Balaban J connectivity index is 1.37. The van der Waals surface area contributed by atoms with Gasteiger partial charge in [-0.25, -0.2) is 4.68 Å². The van der Waals surface area contributed by atoms with Crippen molar-refractivity contribution in [3.05, 3.63) is 134 Å². The molecule has 6 rings (SSSR count). The number of thioether (sulfide) groups is 1. The van der Waals surface area contributed by atoms with Gasteiger partial charge in [0.05, 0.1) is 17.2 Å². The third-order valence-corrected chi connectivity index (χ3v) is 9.58. The van der Waals surface area contributed by atoms with E-state index in [9.17, 15) is 4.79 Å². The third kappa shape index (κ3) is 7.35. The molecule has 0 saturated carbocycles. The van der Waals surface area contributed by atoms with Crippen LogP contribution in [0.3, 0.4) is 0 Å². The number of carbonyl (C=O) groups excluding carboxylic acids is 1. The Morgan fingerprint density at radius 2 is 1.81 bits per heavy atom. The molecule has 1 aliphatic rings. The van der Waals surface area contributed by atoms with Crippen molar-refractivity contribution in [3.63, 3.8) is 0 Å². The molecule has 0 bridgehead atoms. The summed E-state index contributed by atoms with van der Waals surface area (Å²) in [7, 11) is 1.60. The highest BCUT2D eigenvalue weighted by molar-refractivity contribution is 9.10. The first-order valence-corrected chi connectivity index (χ1v) is 17.1. The number of allylic oxidation sites excluding steroid dienone is 1. The normalized spacial score (nSPS) is 14.0.